The lowest BCUT2D eigenvalue weighted by atomic mass is 10.3. The first-order valence-electron chi connectivity index (χ1n) is 2.90. The van der Waals surface area contributed by atoms with Gasteiger partial charge in [-0.25, -0.2) is 0 Å². The number of hydrogen-bond acceptors (Lipinski definition) is 1. The van der Waals surface area contributed by atoms with Gasteiger partial charge in [-0.05, 0) is 6.92 Å². The molecule has 0 fully saturated rings. The minimum absolute atomic E-state index is 0.429. The molecule has 0 saturated carbocycles. The normalized spacial score (nSPS) is 10.4. The third-order valence-electron chi connectivity index (χ3n) is 1.40. The Bertz CT molecular complexity index is 242. The first kappa shape index (κ1) is 7.89. The van der Waals surface area contributed by atoms with Crippen LogP contribution < -0.4 is 0 Å². The predicted molar refractivity (Wildman–Crippen MR) is 42.5 cm³/mol. The molecule has 0 bridgehead atoms. The average Bonchev–Trinajstić information content (AvgIpc) is 2.09. The third kappa shape index (κ3) is 1.13. The fraction of sp³-hybridized carbons (Fsp3) is 0.500. The minimum atomic E-state index is 0.429. The molecule has 56 valence electrons. The van der Waals surface area contributed by atoms with E-state index in [2.05, 4.69) is 5.10 Å². The summed E-state index contributed by atoms with van der Waals surface area (Å²) in [6, 6.07) is 0. The van der Waals surface area contributed by atoms with Crippen LogP contribution in [0, 0.1) is 6.92 Å². The third-order valence-corrected chi connectivity index (χ3v) is 2.14. The Labute approximate surface area is 69.7 Å². The number of nitrogens with zero attached hydrogens (tertiary/aromatic N) is 2. The molecule has 0 amide bonds. The van der Waals surface area contributed by atoms with Crippen LogP contribution in [0.25, 0.3) is 0 Å². The maximum absolute atomic E-state index is 5.83. The largest absolute Gasteiger partial charge is 0.256 e. The van der Waals surface area contributed by atoms with Gasteiger partial charge in [-0.1, -0.05) is 11.6 Å². The molecule has 0 unspecified atom stereocenters. The molecule has 4 heteroatoms. The van der Waals surface area contributed by atoms with Crippen LogP contribution in [0.15, 0.2) is 0 Å². The van der Waals surface area contributed by atoms with E-state index in [0.29, 0.717) is 11.0 Å². The topological polar surface area (TPSA) is 17.8 Å². The fourth-order valence-corrected chi connectivity index (χ4v) is 1.46. The van der Waals surface area contributed by atoms with Gasteiger partial charge in [0.25, 0.3) is 0 Å². The van der Waals surface area contributed by atoms with Crippen molar-refractivity contribution in [3.05, 3.63) is 16.4 Å². The molecule has 0 aliphatic rings. The van der Waals surface area contributed by atoms with Gasteiger partial charge in [0.05, 0.1) is 11.6 Å². The second kappa shape index (κ2) is 2.81. The molecule has 0 N–H and O–H groups in total. The van der Waals surface area contributed by atoms with E-state index in [4.69, 9.17) is 23.2 Å². The Morgan fingerprint density at radius 1 is 1.60 bits per heavy atom. The summed E-state index contributed by atoms with van der Waals surface area (Å²) in [4.78, 5) is 0. The highest BCUT2D eigenvalue weighted by Crippen LogP contribution is 2.19. The standard InChI is InChI=1S/C6H8Cl2N2/c1-4-5(3-7)6(8)10(2)9-4/h3H2,1-2H3. The number of rotatable bonds is 1. The van der Waals surface area contributed by atoms with Gasteiger partial charge in [-0.2, -0.15) is 5.10 Å². The molecule has 1 rings (SSSR count). The minimum Gasteiger partial charge on any atom is -0.256 e. The molecular weight excluding hydrogens is 171 g/mol. The van der Waals surface area contributed by atoms with E-state index in [-0.39, 0.29) is 0 Å². The monoisotopic (exact) mass is 178 g/mol. The predicted octanol–water partition coefficient (Wildman–Crippen LogP) is 2.12. The first-order chi connectivity index (χ1) is 4.66. The van der Waals surface area contributed by atoms with Crippen LogP contribution in [0.1, 0.15) is 11.3 Å². The van der Waals surface area contributed by atoms with Crippen molar-refractivity contribution in [2.75, 3.05) is 0 Å². The summed E-state index contributed by atoms with van der Waals surface area (Å²) < 4.78 is 1.62. The molecule has 10 heavy (non-hydrogen) atoms. The van der Waals surface area contributed by atoms with Crippen molar-refractivity contribution in [3.8, 4) is 0 Å². The Morgan fingerprint density at radius 3 is 2.40 bits per heavy atom. The highest BCUT2D eigenvalue weighted by Gasteiger charge is 2.08. The summed E-state index contributed by atoms with van der Waals surface area (Å²) >= 11 is 11.4. The Morgan fingerprint density at radius 2 is 2.20 bits per heavy atom. The lowest BCUT2D eigenvalue weighted by Gasteiger charge is -1.90. The number of halogens is 2. The highest BCUT2D eigenvalue weighted by molar-refractivity contribution is 6.31. The maximum atomic E-state index is 5.83. The molecule has 0 atom stereocenters. The summed E-state index contributed by atoms with van der Waals surface area (Å²) in [6.45, 7) is 1.89. The maximum Gasteiger partial charge on any atom is 0.131 e. The Kier molecular flexibility index (Phi) is 2.21. The molecule has 1 aromatic heterocycles. The molecule has 0 saturated heterocycles. The van der Waals surface area contributed by atoms with Gasteiger partial charge in [0.2, 0.25) is 0 Å². The second-order valence-electron chi connectivity index (χ2n) is 2.11. The number of hydrogen-bond donors (Lipinski definition) is 0. The van der Waals surface area contributed by atoms with Crippen molar-refractivity contribution in [1.82, 2.24) is 9.78 Å². The van der Waals surface area contributed by atoms with E-state index in [1.807, 2.05) is 6.92 Å². The summed E-state index contributed by atoms with van der Waals surface area (Å²) in [5, 5.41) is 4.71. The first-order valence-corrected chi connectivity index (χ1v) is 3.82. The average molecular weight is 179 g/mol. The highest BCUT2D eigenvalue weighted by atomic mass is 35.5. The van der Waals surface area contributed by atoms with Crippen LogP contribution in [0.3, 0.4) is 0 Å². The van der Waals surface area contributed by atoms with Gasteiger partial charge in [0.1, 0.15) is 5.15 Å². The van der Waals surface area contributed by atoms with Crippen molar-refractivity contribution >= 4 is 23.2 Å². The second-order valence-corrected chi connectivity index (χ2v) is 2.74. The van der Waals surface area contributed by atoms with Crippen LogP contribution in [0.5, 0.6) is 0 Å². The molecule has 0 spiro atoms. The molecule has 0 aromatic carbocycles. The molecule has 0 aliphatic heterocycles. The van der Waals surface area contributed by atoms with Crippen LogP contribution in [-0.4, -0.2) is 9.78 Å². The van der Waals surface area contributed by atoms with Crippen LogP contribution in [0.4, 0.5) is 0 Å². The van der Waals surface area contributed by atoms with Gasteiger partial charge < -0.3 is 0 Å². The quantitative estimate of drug-likeness (QED) is 0.603. The zero-order chi connectivity index (χ0) is 7.72. The van der Waals surface area contributed by atoms with E-state index in [9.17, 15) is 0 Å². The van der Waals surface area contributed by atoms with Crippen LogP contribution in [0.2, 0.25) is 5.15 Å². The lowest BCUT2D eigenvalue weighted by molar-refractivity contribution is 0.757. The number of aromatic nitrogens is 2. The zero-order valence-electron chi connectivity index (χ0n) is 5.86. The SMILES string of the molecule is Cc1nn(C)c(Cl)c1CCl. The lowest BCUT2D eigenvalue weighted by Crippen LogP contribution is -1.89. The molecule has 0 radical (unpaired) electrons. The van der Waals surface area contributed by atoms with Crippen molar-refractivity contribution in [2.45, 2.75) is 12.8 Å². The van der Waals surface area contributed by atoms with Gasteiger partial charge in [0.15, 0.2) is 0 Å². The van der Waals surface area contributed by atoms with Crippen molar-refractivity contribution in [2.24, 2.45) is 7.05 Å². The van der Waals surface area contributed by atoms with Crippen LogP contribution >= 0.6 is 23.2 Å². The van der Waals surface area contributed by atoms with Gasteiger partial charge in [0, 0.05) is 12.6 Å². The van der Waals surface area contributed by atoms with Crippen molar-refractivity contribution in [3.63, 3.8) is 0 Å². The van der Waals surface area contributed by atoms with Gasteiger partial charge >= 0.3 is 0 Å². The zero-order valence-corrected chi connectivity index (χ0v) is 7.37. The molecule has 1 aromatic rings. The van der Waals surface area contributed by atoms with Crippen molar-refractivity contribution < 1.29 is 0 Å². The van der Waals surface area contributed by atoms with Gasteiger partial charge in [-0.15, -0.1) is 11.6 Å². The fourth-order valence-electron chi connectivity index (χ4n) is 0.826. The Hall–Kier alpha value is -0.210. The molecule has 1 heterocycles. The summed E-state index contributed by atoms with van der Waals surface area (Å²) in [6.07, 6.45) is 0. The summed E-state index contributed by atoms with van der Waals surface area (Å²) in [5.41, 5.74) is 1.83. The van der Waals surface area contributed by atoms with E-state index >= 15 is 0 Å². The number of aryl methyl sites for hydroxylation is 2. The Balaban J connectivity index is 3.20. The molecular formula is C6H8Cl2N2. The smallest absolute Gasteiger partial charge is 0.131 e. The number of alkyl halides is 1. The van der Waals surface area contributed by atoms with Gasteiger partial charge in [-0.3, -0.25) is 4.68 Å². The van der Waals surface area contributed by atoms with Crippen LogP contribution in [-0.2, 0) is 12.9 Å². The molecule has 0 aliphatic carbocycles. The van der Waals surface area contributed by atoms with E-state index in [1.54, 1.807) is 11.7 Å². The van der Waals surface area contributed by atoms with E-state index in [0.717, 1.165) is 11.3 Å². The van der Waals surface area contributed by atoms with E-state index in [1.165, 1.54) is 0 Å². The molecule has 2 nitrogen and oxygen atoms in total. The van der Waals surface area contributed by atoms with E-state index < -0.39 is 0 Å². The van der Waals surface area contributed by atoms with Crippen molar-refractivity contribution in [1.29, 1.82) is 0 Å². The summed E-state index contributed by atoms with van der Waals surface area (Å²) in [5.74, 6) is 0.429. The summed E-state index contributed by atoms with van der Waals surface area (Å²) in [7, 11) is 1.80.